The van der Waals surface area contributed by atoms with E-state index in [4.69, 9.17) is 9.47 Å². The average Bonchev–Trinajstić information content (AvgIpc) is 2.80. The molecule has 0 bridgehead atoms. The average molecular weight is 334 g/mol. The molecule has 7 heteroatoms. The van der Waals surface area contributed by atoms with Gasteiger partial charge in [0, 0.05) is 30.9 Å². The van der Waals surface area contributed by atoms with Gasteiger partial charge in [-0.15, -0.1) is 0 Å². The van der Waals surface area contributed by atoms with Gasteiger partial charge in [0.2, 0.25) is 10.0 Å². The van der Waals surface area contributed by atoms with E-state index in [9.17, 15) is 8.42 Å². The Hall–Kier alpha value is -2.12. The summed E-state index contributed by atoms with van der Waals surface area (Å²) < 4.78 is 38.9. The Bertz CT molecular complexity index is 778. The molecule has 2 aromatic rings. The molecule has 23 heavy (non-hydrogen) atoms. The van der Waals surface area contributed by atoms with Gasteiger partial charge in [0.1, 0.15) is 0 Å². The van der Waals surface area contributed by atoms with Crippen LogP contribution in [0.25, 0.3) is 0 Å². The molecule has 6 nitrogen and oxygen atoms in total. The predicted molar refractivity (Wildman–Crippen MR) is 85.0 cm³/mol. The highest BCUT2D eigenvalue weighted by molar-refractivity contribution is 7.89. The Kier molecular flexibility index (Phi) is 4.49. The van der Waals surface area contributed by atoms with Crippen molar-refractivity contribution in [3.05, 3.63) is 48.3 Å². The summed E-state index contributed by atoms with van der Waals surface area (Å²) >= 11 is 0. The zero-order valence-electron chi connectivity index (χ0n) is 12.7. The number of aromatic nitrogens is 1. The topological polar surface area (TPSA) is 77.5 Å². The first-order chi connectivity index (χ1) is 11.1. The first kappa shape index (κ1) is 15.8. The van der Waals surface area contributed by atoms with Gasteiger partial charge >= 0.3 is 0 Å². The normalized spacial score (nSPS) is 15.7. The summed E-state index contributed by atoms with van der Waals surface area (Å²) in [6, 6.07) is 7.85. The van der Waals surface area contributed by atoms with Crippen molar-refractivity contribution in [2.75, 3.05) is 13.2 Å². The van der Waals surface area contributed by atoms with E-state index in [1.807, 2.05) is 0 Å². The molecule has 1 aromatic heterocycles. The van der Waals surface area contributed by atoms with E-state index in [1.54, 1.807) is 37.5 Å². The van der Waals surface area contributed by atoms with E-state index in [2.05, 4.69) is 9.71 Å². The molecule has 0 saturated heterocycles. The molecule has 0 spiro atoms. The second-order valence-corrected chi connectivity index (χ2v) is 7.00. The minimum absolute atomic E-state index is 0.155. The molecule has 0 fully saturated rings. The predicted octanol–water partition coefficient (Wildman–Crippen LogP) is 2.28. The molecule has 0 aliphatic carbocycles. The lowest BCUT2D eigenvalue weighted by Crippen LogP contribution is -2.26. The van der Waals surface area contributed by atoms with Gasteiger partial charge in [-0.1, -0.05) is 0 Å². The van der Waals surface area contributed by atoms with Crippen LogP contribution in [0.4, 0.5) is 0 Å². The highest BCUT2D eigenvalue weighted by atomic mass is 32.2. The van der Waals surface area contributed by atoms with Crippen molar-refractivity contribution in [2.45, 2.75) is 24.3 Å². The van der Waals surface area contributed by atoms with Crippen LogP contribution in [-0.2, 0) is 10.0 Å². The number of hydrogen-bond donors (Lipinski definition) is 1. The molecule has 0 radical (unpaired) electrons. The van der Waals surface area contributed by atoms with Gasteiger partial charge in [-0.3, -0.25) is 4.98 Å². The number of hydrogen-bond acceptors (Lipinski definition) is 5. The third-order valence-electron chi connectivity index (χ3n) is 3.57. The number of nitrogens with one attached hydrogen (secondary N) is 1. The van der Waals surface area contributed by atoms with Crippen molar-refractivity contribution in [3.63, 3.8) is 0 Å². The van der Waals surface area contributed by atoms with E-state index >= 15 is 0 Å². The van der Waals surface area contributed by atoms with Crippen LogP contribution < -0.4 is 14.2 Å². The molecule has 1 aliphatic rings. The Labute approximate surface area is 135 Å². The third-order valence-corrected chi connectivity index (χ3v) is 5.11. The smallest absolute Gasteiger partial charge is 0.241 e. The van der Waals surface area contributed by atoms with Gasteiger partial charge in [0.05, 0.1) is 18.1 Å². The summed E-state index contributed by atoms with van der Waals surface area (Å²) in [5, 5.41) is 0. The van der Waals surface area contributed by atoms with E-state index in [0.29, 0.717) is 24.7 Å². The molecule has 3 rings (SSSR count). The lowest BCUT2D eigenvalue weighted by atomic mass is 10.1. The number of fused-ring (bicyclic) bond motifs is 1. The number of nitrogens with zero attached hydrogens (tertiary/aromatic N) is 1. The fourth-order valence-corrected chi connectivity index (χ4v) is 3.58. The molecule has 1 unspecified atom stereocenters. The maximum atomic E-state index is 12.6. The minimum Gasteiger partial charge on any atom is -0.490 e. The second-order valence-electron chi connectivity index (χ2n) is 5.28. The zero-order valence-corrected chi connectivity index (χ0v) is 13.5. The standard InChI is InChI=1S/C16H18N2O4S/c1-12(13-5-7-17-8-6-13)18-23(19,20)14-3-4-15-16(11-14)22-10-2-9-21-15/h3-8,11-12,18H,2,9-10H2,1H3. The van der Waals surface area contributed by atoms with Gasteiger partial charge in [-0.25, -0.2) is 13.1 Å². The Morgan fingerprint density at radius 1 is 1.09 bits per heavy atom. The molecule has 122 valence electrons. The van der Waals surface area contributed by atoms with Crippen LogP contribution in [0.3, 0.4) is 0 Å². The fourth-order valence-electron chi connectivity index (χ4n) is 2.33. The number of rotatable bonds is 4. The fraction of sp³-hybridized carbons (Fsp3) is 0.312. The maximum Gasteiger partial charge on any atom is 0.241 e. The van der Waals surface area contributed by atoms with Gasteiger partial charge in [-0.2, -0.15) is 0 Å². The van der Waals surface area contributed by atoms with Crippen LogP contribution in [0.1, 0.15) is 24.9 Å². The summed E-state index contributed by atoms with van der Waals surface area (Å²) in [6.45, 7) is 2.86. The van der Waals surface area contributed by atoms with E-state index in [0.717, 1.165) is 12.0 Å². The first-order valence-electron chi connectivity index (χ1n) is 7.38. The maximum absolute atomic E-state index is 12.6. The van der Waals surface area contributed by atoms with Gasteiger partial charge in [-0.05, 0) is 36.8 Å². The molecular weight excluding hydrogens is 316 g/mol. The van der Waals surface area contributed by atoms with Crippen molar-refractivity contribution in [1.82, 2.24) is 9.71 Å². The van der Waals surface area contributed by atoms with E-state index in [1.165, 1.54) is 12.1 Å². The zero-order chi connectivity index (χ0) is 16.3. The van der Waals surface area contributed by atoms with Crippen LogP contribution >= 0.6 is 0 Å². The summed E-state index contributed by atoms with van der Waals surface area (Å²) in [6.07, 6.45) is 4.04. The Balaban J connectivity index is 1.84. The minimum atomic E-state index is -3.66. The van der Waals surface area contributed by atoms with Crippen LogP contribution in [-0.4, -0.2) is 26.6 Å². The number of pyridine rings is 1. The molecule has 1 aromatic carbocycles. The number of ether oxygens (including phenoxy) is 2. The van der Waals surface area contributed by atoms with Crippen molar-refractivity contribution in [1.29, 1.82) is 0 Å². The molecule has 1 N–H and O–H groups in total. The lowest BCUT2D eigenvalue weighted by molar-refractivity contribution is 0.297. The summed E-state index contributed by atoms with van der Waals surface area (Å²) in [5.74, 6) is 1.03. The number of sulfonamides is 1. The third kappa shape index (κ3) is 3.62. The molecule has 1 atom stereocenters. The molecular formula is C16H18N2O4S. The largest absolute Gasteiger partial charge is 0.490 e. The van der Waals surface area contributed by atoms with Gasteiger partial charge in [0.15, 0.2) is 11.5 Å². The Morgan fingerprint density at radius 2 is 1.78 bits per heavy atom. The summed E-state index contributed by atoms with van der Waals surface area (Å²) in [5.41, 5.74) is 0.845. The monoisotopic (exact) mass is 334 g/mol. The van der Waals surface area contributed by atoms with Crippen LogP contribution in [0.15, 0.2) is 47.6 Å². The van der Waals surface area contributed by atoms with Crippen LogP contribution in [0.2, 0.25) is 0 Å². The van der Waals surface area contributed by atoms with Gasteiger partial charge < -0.3 is 9.47 Å². The van der Waals surface area contributed by atoms with Crippen LogP contribution in [0, 0.1) is 0 Å². The van der Waals surface area contributed by atoms with Gasteiger partial charge in [0.25, 0.3) is 0 Å². The van der Waals surface area contributed by atoms with Crippen molar-refractivity contribution < 1.29 is 17.9 Å². The van der Waals surface area contributed by atoms with Crippen LogP contribution in [0.5, 0.6) is 11.5 Å². The highest BCUT2D eigenvalue weighted by Gasteiger charge is 2.21. The SMILES string of the molecule is CC(NS(=O)(=O)c1ccc2c(c1)OCCCO2)c1ccncc1. The van der Waals surface area contributed by atoms with E-state index in [-0.39, 0.29) is 10.9 Å². The van der Waals surface area contributed by atoms with Crippen molar-refractivity contribution in [2.24, 2.45) is 0 Å². The van der Waals surface area contributed by atoms with Crippen molar-refractivity contribution in [3.8, 4) is 11.5 Å². The molecule has 0 saturated carbocycles. The van der Waals surface area contributed by atoms with Crippen molar-refractivity contribution >= 4 is 10.0 Å². The first-order valence-corrected chi connectivity index (χ1v) is 8.86. The molecule has 2 heterocycles. The quantitative estimate of drug-likeness (QED) is 0.928. The molecule has 1 aliphatic heterocycles. The lowest BCUT2D eigenvalue weighted by Gasteiger charge is -2.15. The second kappa shape index (κ2) is 6.55. The van der Waals surface area contributed by atoms with E-state index < -0.39 is 10.0 Å². The molecule has 0 amide bonds. The summed E-state index contributed by atoms with van der Waals surface area (Å²) in [7, 11) is -3.66. The Morgan fingerprint density at radius 3 is 2.52 bits per heavy atom. The highest BCUT2D eigenvalue weighted by Crippen LogP contribution is 2.32. The number of benzene rings is 1. The summed E-state index contributed by atoms with van der Waals surface area (Å²) in [4.78, 5) is 4.09.